The van der Waals surface area contributed by atoms with Crippen molar-refractivity contribution in [2.24, 2.45) is 5.10 Å². The summed E-state index contributed by atoms with van der Waals surface area (Å²) in [6.45, 7) is 2.17. The minimum atomic E-state index is -0.549. The number of amides is 1. The number of hydrogen-bond donors (Lipinski definition) is 2. The molecule has 0 atom stereocenters. The third kappa shape index (κ3) is 5.85. The van der Waals surface area contributed by atoms with Crippen LogP contribution in [0.5, 0.6) is 23.0 Å². The SMILES string of the molecule is CCOc1cc(C=NNC(=O)c2ccc(O)cc2)ccc1OC(=O)c1cccc(OC)c1. The lowest BCUT2D eigenvalue weighted by Crippen LogP contribution is -2.17. The van der Waals surface area contributed by atoms with E-state index in [9.17, 15) is 14.7 Å². The van der Waals surface area contributed by atoms with Crippen molar-refractivity contribution in [1.29, 1.82) is 0 Å². The number of aromatic hydroxyl groups is 1. The molecule has 2 N–H and O–H groups in total. The molecule has 0 unspecified atom stereocenters. The zero-order chi connectivity index (χ0) is 22.9. The maximum absolute atomic E-state index is 12.5. The van der Waals surface area contributed by atoms with E-state index < -0.39 is 11.9 Å². The lowest BCUT2D eigenvalue weighted by Gasteiger charge is -2.11. The Labute approximate surface area is 185 Å². The van der Waals surface area contributed by atoms with Gasteiger partial charge < -0.3 is 19.3 Å². The molecule has 0 saturated heterocycles. The van der Waals surface area contributed by atoms with Crippen molar-refractivity contribution in [2.75, 3.05) is 13.7 Å². The molecule has 0 saturated carbocycles. The van der Waals surface area contributed by atoms with Gasteiger partial charge in [0.05, 0.1) is 25.5 Å². The van der Waals surface area contributed by atoms with Gasteiger partial charge in [-0.05, 0) is 73.2 Å². The Morgan fingerprint density at radius 3 is 2.50 bits per heavy atom. The normalized spacial score (nSPS) is 10.6. The van der Waals surface area contributed by atoms with Gasteiger partial charge in [0.2, 0.25) is 0 Å². The Hall–Kier alpha value is -4.33. The zero-order valence-corrected chi connectivity index (χ0v) is 17.6. The summed E-state index contributed by atoms with van der Waals surface area (Å²) >= 11 is 0. The first-order valence-corrected chi connectivity index (χ1v) is 9.75. The lowest BCUT2D eigenvalue weighted by molar-refractivity contribution is 0.0727. The fourth-order valence-corrected chi connectivity index (χ4v) is 2.71. The van der Waals surface area contributed by atoms with Crippen molar-refractivity contribution < 1.29 is 28.9 Å². The minimum absolute atomic E-state index is 0.0701. The molecule has 0 bridgehead atoms. The van der Waals surface area contributed by atoms with Crippen LogP contribution >= 0.6 is 0 Å². The summed E-state index contributed by atoms with van der Waals surface area (Å²) in [6.07, 6.45) is 1.44. The Kier molecular flexibility index (Phi) is 7.42. The second-order valence-electron chi connectivity index (χ2n) is 6.51. The summed E-state index contributed by atoms with van der Waals surface area (Å²) in [4.78, 5) is 24.6. The van der Waals surface area contributed by atoms with Crippen LogP contribution in [-0.4, -0.2) is 36.9 Å². The first kappa shape index (κ1) is 22.4. The summed E-state index contributed by atoms with van der Waals surface area (Å²) in [6, 6.07) is 17.4. The number of hydrogen-bond acceptors (Lipinski definition) is 7. The van der Waals surface area contributed by atoms with Crippen molar-refractivity contribution in [3.8, 4) is 23.0 Å². The average Bonchev–Trinajstić information content (AvgIpc) is 2.81. The molecular formula is C24H22N2O6. The number of benzene rings is 3. The number of nitrogens with zero attached hydrogens (tertiary/aromatic N) is 1. The smallest absolute Gasteiger partial charge is 0.343 e. The van der Waals surface area contributed by atoms with E-state index in [1.54, 1.807) is 42.5 Å². The molecule has 0 heterocycles. The number of carbonyl (C=O) groups is 2. The molecule has 3 aromatic carbocycles. The summed E-state index contributed by atoms with van der Waals surface area (Å²) in [5.74, 6) is 0.260. The lowest BCUT2D eigenvalue weighted by atomic mass is 10.2. The van der Waals surface area contributed by atoms with Gasteiger partial charge in [-0.1, -0.05) is 6.07 Å². The van der Waals surface area contributed by atoms with Gasteiger partial charge in [0, 0.05) is 5.56 Å². The molecule has 0 aliphatic carbocycles. The van der Waals surface area contributed by atoms with Crippen molar-refractivity contribution in [3.05, 3.63) is 83.4 Å². The van der Waals surface area contributed by atoms with E-state index in [1.165, 1.54) is 37.6 Å². The van der Waals surface area contributed by atoms with E-state index in [-0.39, 0.29) is 11.5 Å². The summed E-state index contributed by atoms with van der Waals surface area (Å²) in [5, 5.41) is 13.2. The highest BCUT2D eigenvalue weighted by Gasteiger charge is 2.14. The van der Waals surface area contributed by atoms with Gasteiger partial charge in [0.15, 0.2) is 11.5 Å². The molecule has 0 fully saturated rings. The van der Waals surface area contributed by atoms with Crippen LogP contribution in [0.3, 0.4) is 0 Å². The molecule has 8 nitrogen and oxygen atoms in total. The summed E-state index contributed by atoms with van der Waals surface area (Å²) < 4.78 is 16.2. The number of hydrazone groups is 1. The molecule has 1 amide bonds. The first-order valence-electron chi connectivity index (χ1n) is 9.75. The van der Waals surface area contributed by atoms with Gasteiger partial charge in [0.25, 0.3) is 5.91 Å². The van der Waals surface area contributed by atoms with Gasteiger partial charge in [-0.3, -0.25) is 4.79 Å². The van der Waals surface area contributed by atoms with Gasteiger partial charge >= 0.3 is 5.97 Å². The second kappa shape index (κ2) is 10.6. The van der Waals surface area contributed by atoms with Crippen LogP contribution < -0.4 is 19.6 Å². The number of methoxy groups -OCH3 is 1. The molecule has 0 spiro atoms. The van der Waals surface area contributed by atoms with Crippen LogP contribution in [0.15, 0.2) is 71.8 Å². The van der Waals surface area contributed by atoms with E-state index in [0.717, 1.165) is 0 Å². The molecule has 164 valence electrons. The molecule has 3 aromatic rings. The highest BCUT2D eigenvalue weighted by molar-refractivity contribution is 5.95. The zero-order valence-electron chi connectivity index (χ0n) is 17.6. The third-order valence-corrected chi connectivity index (χ3v) is 4.28. The predicted molar refractivity (Wildman–Crippen MR) is 119 cm³/mol. The van der Waals surface area contributed by atoms with E-state index in [0.29, 0.717) is 34.8 Å². The van der Waals surface area contributed by atoms with Crippen molar-refractivity contribution in [1.82, 2.24) is 5.43 Å². The monoisotopic (exact) mass is 434 g/mol. The fraction of sp³-hybridized carbons (Fsp3) is 0.125. The third-order valence-electron chi connectivity index (χ3n) is 4.28. The average molecular weight is 434 g/mol. The molecule has 8 heteroatoms. The van der Waals surface area contributed by atoms with Gasteiger partial charge in [-0.15, -0.1) is 0 Å². The standard InChI is InChI=1S/C24H22N2O6/c1-3-31-22-13-16(15-25-26-23(28)17-8-10-19(27)11-9-17)7-12-21(22)32-24(29)18-5-4-6-20(14-18)30-2/h4-15,27H,3H2,1-2H3,(H,26,28). The van der Waals surface area contributed by atoms with Crippen LogP contribution in [0.25, 0.3) is 0 Å². The predicted octanol–water partition coefficient (Wildman–Crippen LogP) is 3.78. The fourth-order valence-electron chi connectivity index (χ4n) is 2.71. The van der Waals surface area contributed by atoms with Crippen molar-refractivity contribution >= 4 is 18.1 Å². The van der Waals surface area contributed by atoms with E-state index >= 15 is 0 Å². The van der Waals surface area contributed by atoms with Crippen LogP contribution in [0.1, 0.15) is 33.2 Å². The Bertz CT molecular complexity index is 1130. The highest BCUT2D eigenvalue weighted by Crippen LogP contribution is 2.29. The number of phenolic OH excluding ortho intramolecular Hbond substituents is 1. The quantitative estimate of drug-likeness (QED) is 0.242. The second-order valence-corrected chi connectivity index (χ2v) is 6.51. The van der Waals surface area contributed by atoms with Gasteiger partial charge in [-0.25, -0.2) is 10.2 Å². The van der Waals surface area contributed by atoms with E-state index in [4.69, 9.17) is 14.2 Å². The Balaban J connectivity index is 1.70. The Morgan fingerprint density at radius 1 is 1.00 bits per heavy atom. The number of phenols is 1. The topological polar surface area (TPSA) is 106 Å². The van der Waals surface area contributed by atoms with Crippen molar-refractivity contribution in [3.63, 3.8) is 0 Å². The largest absolute Gasteiger partial charge is 0.508 e. The Morgan fingerprint density at radius 2 is 1.78 bits per heavy atom. The number of carbonyl (C=O) groups excluding carboxylic acids is 2. The van der Waals surface area contributed by atoms with Crippen LogP contribution in [-0.2, 0) is 0 Å². The van der Waals surface area contributed by atoms with Crippen LogP contribution in [0.2, 0.25) is 0 Å². The maximum atomic E-state index is 12.5. The van der Waals surface area contributed by atoms with Crippen molar-refractivity contribution in [2.45, 2.75) is 6.92 Å². The molecule has 0 radical (unpaired) electrons. The number of ether oxygens (including phenoxy) is 3. The summed E-state index contributed by atoms with van der Waals surface area (Å²) in [5.41, 5.74) is 3.73. The molecule has 0 aromatic heterocycles. The molecule has 32 heavy (non-hydrogen) atoms. The first-order chi connectivity index (χ1) is 15.5. The van der Waals surface area contributed by atoms with Crippen LogP contribution in [0.4, 0.5) is 0 Å². The highest BCUT2D eigenvalue weighted by atomic mass is 16.6. The molecule has 0 aliphatic rings. The number of rotatable bonds is 8. The number of nitrogens with one attached hydrogen (secondary N) is 1. The molecule has 0 aliphatic heterocycles. The number of esters is 1. The molecular weight excluding hydrogens is 412 g/mol. The van der Waals surface area contributed by atoms with E-state index in [1.807, 2.05) is 6.92 Å². The minimum Gasteiger partial charge on any atom is -0.508 e. The summed E-state index contributed by atoms with van der Waals surface area (Å²) in [7, 11) is 1.52. The molecule has 3 rings (SSSR count). The van der Waals surface area contributed by atoms with E-state index in [2.05, 4.69) is 10.5 Å². The van der Waals surface area contributed by atoms with Crippen LogP contribution in [0, 0.1) is 0 Å². The maximum Gasteiger partial charge on any atom is 0.343 e. The van der Waals surface area contributed by atoms with Gasteiger partial charge in [-0.2, -0.15) is 5.10 Å². The van der Waals surface area contributed by atoms with Gasteiger partial charge in [0.1, 0.15) is 11.5 Å².